The molecule has 21 heavy (non-hydrogen) atoms. The van der Waals surface area contributed by atoms with Gasteiger partial charge in [0.25, 0.3) is 0 Å². The molecule has 0 aromatic carbocycles. The highest BCUT2D eigenvalue weighted by molar-refractivity contribution is 5.79. The van der Waals surface area contributed by atoms with Crippen LogP contribution in [-0.2, 0) is 11.2 Å². The summed E-state index contributed by atoms with van der Waals surface area (Å²) in [4.78, 5) is 22.3. The maximum absolute atomic E-state index is 11.3. The minimum atomic E-state index is -0.351. The molecular weight excluding hydrogens is 266 g/mol. The molecule has 0 aliphatic heterocycles. The summed E-state index contributed by atoms with van der Waals surface area (Å²) in [5, 5.41) is 3.21. The number of anilines is 2. The van der Waals surface area contributed by atoms with Crippen LogP contribution in [0.4, 0.5) is 11.6 Å². The van der Waals surface area contributed by atoms with Gasteiger partial charge in [-0.2, -0.15) is 0 Å². The quantitative estimate of drug-likeness (QED) is 0.725. The highest BCUT2D eigenvalue weighted by Crippen LogP contribution is 2.18. The van der Waals surface area contributed by atoms with Gasteiger partial charge in [-0.3, -0.25) is 4.79 Å². The maximum Gasteiger partial charge on any atom is 0.236 e. The summed E-state index contributed by atoms with van der Waals surface area (Å²) in [5.41, 5.74) is 5.36. The zero-order valence-electron chi connectivity index (χ0n) is 13.5. The van der Waals surface area contributed by atoms with Crippen molar-refractivity contribution < 1.29 is 4.79 Å². The molecule has 0 saturated carbocycles. The molecule has 6 nitrogen and oxygen atoms in total. The predicted molar refractivity (Wildman–Crippen MR) is 86.4 cm³/mol. The van der Waals surface area contributed by atoms with E-state index in [9.17, 15) is 4.79 Å². The first-order chi connectivity index (χ1) is 9.96. The minimum absolute atomic E-state index is 0.173. The summed E-state index contributed by atoms with van der Waals surface area (Å²) in [5.74, 6) is 2.41. The van der Waals surface area contributed by atoms with Gasteiger partial charge in [-0.25, -0.2) is 9.97 Å². The normalized spacial score (nSPS) is 10.7. The number of nitrogens with zero attached hydrogens (tertiary/aromatic N) is 3. The van der Waals surface area contributed by atoms with Gasteiger partial charge in [0.1, 0.15) is 17.5 Å². The second-order valence-corrected chi connectivity index (χ2v) is 5.55. The third-order valence-electron chi connectivity index (χ3n) is 2.85. The Morgan fingerprint density at radius 2 is 2.10 bits per heavy atom. The summed E-state index contributed by atoms with van der Waals surface area (Å²) in [6, 6.07) is 1.88. The molecule has 1 aromatic heterocycles. The summed E-state index contributed by atoms with van der Waals surface area (Å²) in [7, 11) is 0. The molecule has 0 bridgehead atoms. The van der Waals surface area contributed by atoms with Gasteiger partial charge < -0.3 is 16.0 Å². The van der Waals surface area contributed by atoms with Crippen LogP contribution < -0.4 is 16.0 Å². The van der Waals surface area contributed by atoms with Crippen LogP contribution in [0.1, 0.15) is 39.9 Å². The second-order valence-electron chi connectivity index (χ2n) is 5.55. The lowest BCUT2D eigenvalue weighted by Crippen LogP contribution is -2.37. The van der Waals surface area contributed by atoms with Crippen molar-refractivity contribution in [1.82, 2.24) is 9.97 Å². The molecule has 0 radical (unpaired) electrons. The predicted octanol–water partition coefficient (Wildman–Crippen LogP) is 1.81. The Hall–Kier alpha value is -1.85. The van der Waals surface area contributed by atoms with Crippen LogP contribution in [0.3, 0.4) is 0 Å². The molecule has 1 aromatic rings. The molecule has 0 fully saturated rings. The fraction of sp³-hybridized carbons (Fsp3) is 0.667. The molecule has 1 amide bonds. The van der Waals surface area contributed by atoms with E-state index in [1.165, 1.54) is 0 Å². The lowest BCUT2D eigenvalue weighted by Gasteiger charge is -2.25. The number of nitrogens with two attached hydrogens (primary N) is 1. The van der Waals surface area contributed by atoms with E-state index in [0.717, 1.165) is 43.4 Å². The lowest BCUT2D eigenvalue weighted by molar-refractivity contribution is -0.116. The highest BCUT2D eigenvalue weighted by Gasteiger charge is 2.15. The summed E-state index contributed by atoms with van der Waals surface area (Å²) in [6.07, 6.45) is 1.80. The summed E-state index contributed by atoms with van der Waals surface area (Å²) < 4.78 is 0. The standard InChI is InChI=1S/C15H27N5O/c1-5-7-13-18-14(17-6-2)8-15(19-13)20(9-11(3)4)10-12(16)21/h8,11H,5-7,9-10H2,1-4H3,(H2,16,21)(H,17,18,19). The van der Waals surface area contributed by atoms with Gasteiger partial charge in [0.15, 0.2) is 0 Å². The number of aromatic nitrogens is 2. The maximum atomic E-state index is 11.3. The molecule has 1 heterocycles. The first-order valence-corrected chi connectivity index (χ1v) is 7.61. The van der Waals surface area contributed by atoms with Crippen LogP contribution in [0.2, 0.25) is 0 Å². The molecule has 1 rings (SSSR count). The number of amides is 1. The van der Waals surface area contributed by atoms with E-state index in [4.69, 9.17) is 5.73 Å². The van der Waals surface area contributed by atoms with E-state index in [0.29, 0.717) is 5.92 Å². The van der Waals surface area contributed by atoms with Crippen LogP contribution in [-0.4, -0.2) is 35.5 Å². The molecular formula is C15H27N5O. The number of rotatable bonds is 9. The molecule has 0 spiro atoms. The van der Waals surface area contributed by atoms with Crippen LogP contribution in [0.25, 0.3) is 0 Å². The van der Waals surface area contributed by atoms with Crippen molar-refractivity contribution in [2.24, 2.45) is 11.7 Å². The van der Waals surface area contributed by atoms with E-state index in [-0.39, 0.29) is 12.5 Å². The van der Waals surface area contributed by atoms with Gasteiger partial charge in [-0.15, -0.1) is 0 Å². The monoisotopic (exact) mass is 293 g/mol. The second kappa shape index (κ2) is 8.44. The molecule has 0 atom stereocenters. The first kappa shape index (κ1) is 17.2. The van der Waals surface area contributed by atoms with Gasteiger partial charge in [0.05, 0.1) is 6.54 Å². The lowest BCUT2D eigenvalue weighted by atomic mass is 10.2. The van der Waals surface area contributed by atoms with Crippen LogP contribution in [0.15, 0.2) is 6.07 Å². The average molecular weight is 293 g/mol. The highest BCUT2D eigenvalue weighted by atomic mass is 16.1. The molecule has 0 unspecified atom stereocenters. The first-order valence-electron chi connectivity index (χ1n) is 7.61. The van der Waals surface area contributed by atoms with Crippen LogP contribution >= 0.6 is 0 Å². The minimum Gasteiger partial charge on any atom is -0.370 e. The van der Waals surface area contributed by atoms with Crippen molar-refractivity contribution in [1.29, 1.82) is 0 Å². The number of carbonyl (C=O) groups excluding carboxylic acids is 1. The summed E-state index contributed by atoms with van der Waals surface area (Å²) in [6.45, 7) is 10.0. The van der Waals surface area contributed by atoms with Gasteiger partial charge in [0, 0.05) is 25.6 Å². The molecule has 0 aliphatic carbocycles. The SMILES string of the molecule is CCCc1nc(NCC)cc(N(CC(N)=O)CC(C)C)n1. The smallest absolute Gasteiger partial charge is 0.236 e. The Labute approximate surface area is 127 Å². The third kappa shape index (κ3) is 5.97. The number of nitrogens with one attached hydrogen (secondary N) is 1. The van der Waals surface area contributed by atoms with Crippen molar-refractivity contribution in [3.63, 3.8) is 0 Å². The topological polar surface area (TPSA) is 84.1 Å². The third-order valence-corrected chi connectivity index (χ3v) is 2.85. The van der Waals surface area contributed by atoms with E-state index >= 15 is 0 Å². The Bertz CT molecular complexity index is 437. The van der Waals surface area contributed by atoms with Gasteiger partial charge in [-0.1, -0.05) is 20.8 Å². The van der Waals surface area contributed by atoms with Crippen LogP contribution in [0.5, 0.6) is 0 Å². The van der Waals surface area contributed by atoms with E-state index in [1.807, 2.05) is 17.9 Å². The molecule has 0 saturated heterocycles. The zero-order chi connectivity index (χ0) is 15.8. The van der Waals surface area contributed by atoms with E-state index < -0.39 is 0 Å². The van der Waals surface area contributed by atoms with Crippen LogP contribution in [0, 0.1) is 5.92 Å². The fourth-order valence-electron chi connectivity index (χ4n) is 2.12. The van der Waals surface area contributed by atoms with Gasteiger partial charge >= 0.3 is 0 Å². The Balaban J connectivity index is 3.10. The van der Waals surface area contributed by atoms with Crippen molar-refractivity contribution in [2.45, 2.75) is 40.5 Å². The average Bonchev–Trinajstić information content (AvgIpc) is 2.37. The number of primary amides is 1. The van der Waals surface area contributed by atoms with Crippen molar-refractivity contribution in [3.8, 4) is 0 Å². The number of aryl methyl sites for hydroxylation is 1. The Morgan fingerprint density at radius 1 is 1.38 bits per heavy atom. The number of hydrogen-bond donors (Lipinski definition) is 2. The molecule has 3 N–H and O–H groups in total. The Kier molecular flexibility index (Phi) is 6.91. The van der Waals surface area contributed by atoms with Crippen molar-refractivity contribution in [2.75, 3.05) is 29.9 Å². The Morgan fingerprint density at radius 3 is 2.62 bits per heavy atom. The number of hydrogen-bond acceptors (Lipinski definition) is 5. The van der Waals surface area contributed by atoms with E-state index in [1.54, 1.807) is 0 Å². The zero-order valence-corrected chi connectivity index (χ0v) is 13.5. The molecule has 6 heteroatoms. The van der Waals surface area contributed by atoms with Crippen molar-refractivity contribution >= 4 is 17.5 Å². The molecule has 0 aliphatic rings. The van der Waals surface area contributed by atoms with Crippen molar-refractivity contribution in [3.05, 3.63) is 11.9 Å². The van der Waals surface area contributed by atoms with Gasteiger partial charge in [0.2, 0.25) is 5.91 Å². The fourth-order valence-corrected chi connectivity index (χ4v) is 2.12. The largest absolute Gasteiger partial charge is 0.370 e. The van der Waals surface area contributed by atoms with Gasteiger partial charge in [-0.05, 0) is 19.3 Å². The number of carbonyl (C=O) groups is 1. The summed E-state index contributed by atoms with van der Waals surface area (Å²) >= 11 is 0. The molecule has 118 valence electrons. The van der Waals surface area contributed by atoms with E-state index in [2.05, 4.69) is 36.1 Å².